The molecule has 0 aromatic carbocycles. The van der Waals surface area contributed by atoms with Crippen LogP contribution in [0, 0.1) is 6.92 Å². The fourth-order valence-corrected chi connectivity index (χ4v) is 2.40. The highest BCUT2D eigenvalue weighted by molar-refractivity contribution is 7.09. The first kappa shape index (κ1) is 13.6. The van der Waals surface area contributed by atoms with E-state index in [1.165, 1.54) is 5.69 Å². The van der Waals surface area contributed by atoms with E-state index in [4.69, 9.17) is 4.74 Å². The minimum atomic E-state index is 0.229. The molecule has 0 fully saturated rings. The molecule has 1 rings (SSSR count). The summed E-state index contributed by atoms with van der Waals surface area (Å²) in [6.07, 6.45) is 1.17. The molecule has 2 atom stereocenters. The van der Waals surface area contributed by atoms with Crippen LogP contribution in [0.25, 0.3) is 0 Å². The molecule has 0 aliphatic carbocycles. The fourth-order valence-electron chi connectivity index (χ4n) is 1.77. The zero-order valence-electron chi connectivity index (χ0n) is 10.6. The fraction of sp³-hybridized carbons (Fsp3) is 0.750. The molecule has 92 valence electrons. The number of aryl methyl sites for hydroxylation is 1. The molecule has 0 bridgehead atoms. The van der Waals surface area contributed by atoms with E-state index in [1.807, 2.05) is 13.8 Å². The Kier molecular flexibility index (Phi) is 5.95. The van der Waals surface area contributed by atoms with Crippen molar-refractivity contribution in [3.05, 3.63) is 16.1 Å². The minimum Gasteiger partial charge on any atom is -0.377 e. The number of likely N-dealkylation sites (N-methyl/N-ethyl adjacent to an activating group) is 1. The molecule has 1 aromatic rings. The summed E-state index contributed by atoms with van der Waals surface area (Å²) in [7, 11) is 0. The molecule has 4 heteroatoms. The summed E-state index contributed by atoms with van der Waals surface area (Å²) >= 11 is 1.71. The van der Waals surface area contributed by atoms with Gasteiger partial charge in [0.2, 0.25) is 0 Å². The summed E-state index contributed by atoms with van der Waals surface area (Å²) < 4.78 is 5.65. The molecule has 0 radical (unpaired) electrons. The lowest BCUT2D eigenvalue weighted by Gasteiger charge is -2.24. The Hall–Kier alpha value is -0.450. The van der Waals surface area contributed by atoms with Crippen molar-refractivity contribution < 1.29 is 4.74 Å². The first-order chi connectivity index (χ1) is 7.67. The summed E-state index contributed by atoms with van der Waals surface area (Å²) in [6.45, 7) is 10.0. The molecule has 0 saturated heterocycles. The first-order valence-electron chi connectivity index (χ1n) is 5.93. The number of ether oxygens (including phenoxy) is 1. The second-order valence-corrected chi connectivity index (χ2v) is 4.95. The van der Waals surface area contributed by atoms with Gasteiger partial charge in [0.1, 0.15) is 0 Å². The normalized spacial score (nSPS) is 15.0. The molecular weight excluding hydrogens is 220 g/mol. The number of thiazole rings is 1. The highest BCUT2D eigenvalue weighted by Crippen LogP contribution is 2.12. The molecule has 1 N–H and O–H groups in total. The first-order valence-corrected chi connectivity index (χ1v) is 6.81. The lowest BCUT2D eigenvalue weighted by molar-refractivity contribution is 0.0478. The van der Waals surface area contributed by atoms with Crippen LogP contribution in [0.15, 0.2) is 5.38 Å². The van der Waals surface area contributed by atoms with Crippen LogP contribution in [-0.4, -0.2) is 30.3 Å². The van der Waals surface area contributed by atoms with E-state index >= 15 is 0 Å². The number of aromatic nitrogens is 1. The van der Waals surface area contributed by atoms with Gasteiger partial charge in [-0.3, -0.25) is 0 Å². The molecule has 0 amide bonds. The SMILES string of the molecule is CCNC(Cc1csc(C)n1)C(C)OCC. The van der Waals surface area contributed by atoms with Crippen molar-refractivity contribution in [3.63, 3.8) is 0 Å². The largest absolute Gasteiger partial charge is 0.377 e. The van der Waals surface area contributed by atoms with Crippen molar-refractivity contribution in [2.75, 3.05) is 13.2 Å². The Balaban J connectivity index is 2.56. The predicted octanol–water partition coefficient (Wildman–Crippen LogP) is 2.40. The lowest BCUT2D eigenvalue weighted by Crippen LogP contribution is -2.41. The lowest BCUT2D eigenvalue weighted by atomic mass is 10.1. The molecule has 16 heavy (non-hydrogen) atoms. The van der Waals surface area contributed by atoms with Crippen LogP contribution < -0.4 is 5.32 Å². The maximum absolute atomic E-state index is 5.65. The van der Waals surface area contributed by atoms with Crippen LogP contribution >= 0.6 is 11.3 Å². The van der Waals surface area contributed by atoms with Gasteiger partial charge in [-0.25, -0.2) is 4.98 Å². The standard InChI is InChI=1S/C12H22N2OS/c1-5-13-12(9(3)15-6-2)7-11-8-16-10(4)14-11/h8-9,12-13H,5-7H2,1-4H3. The maximum atomic E-state index is 5.65. The molecule has 1 heterocycles. The van der Waals surface area contributed by atoms with Crippen molar-refractivity contribution in [1.82, 2.24) is 10.3 Å². The topological polar surface area (TPSA) is 34.2 Å². The van der Waals surface area contributed by atoms with Crippen LogP contribution in [0.5, 0.6) is 0 Å². The van der Waals surface area contributed by atoms with Crippen LogP contribution in [-0.2, 0) is 11.2 Å². The van der Waals surface area contributed by atoms with E-state index in [-0.39, 0.29) is 6.10 Å². The Morgan fingerprint density at radius 1 is 1.50 bits per heavy atom. The maximum Gasteiger partial charge on any atom is 0.0897 e. The molecule has 0 spiro atoms. The zero-order chi connectivity index (χ0) is 12.0. The van der Waals surface area contributed by atoms with Gasteiger partial charge >= 0.3 is 0 Å². The van der Waals surface area contributed by atoms with E-state index < -0.39 is 0 Å². The summed E-state index contributed by atoms with van der Waals surface area (Å²) in [4.78, 5) is 4.50. The van der Waals surface area contributed by atoms with E-state index in [0.717, 1.165) is 24.6 Å². The van der Waals surface area contributed by atoms with Gasteiger partial charge in [0, 0.05) is 24.4 Å². The molecule has 1 aromatic heterocycles. The number of rotatable bonds is 7. The van der Waals surface area contributed by atoms with Gasteiger partial charge in [-0.2, -0.15) is 0 Å². The van der Waals surface area contributed by atoms with Gasteiger partial charge in [0.15, 0.2) is 0 Å². The summed E-state index contributed by atoms with van der Waals surface area (Å²) in [5, 5.41) is 6.74. The molecular formula is C12H22N2OS. The molecule has 3 nitrogen and oxygen atoms in total. The van der Waals surface area contributed by atoms with E-state index in [9.17, 15) is 0 Å². The quantitative estimate of drug-likeness (QED) is 0.797. The van der Waals surface area contributed by atoms with Crippen LogP contribution in [0.4, 0.5) is 0 Å². The summed E-state index contributed by atoms with van der Waals surface area (Å²) in [5.41, 5.74) is 1.17. The van der Waals surface area contributed by atoms with Crippen LogP contribution in [0.1, 0.15) is 31.5 Å². The predicted molar refractivity (Wildman–Crippen MR) is 69.1 cm³/mol. The third-order valence-electron chi connectivity index (χ3n) is 2.56. The van der Waals surface area contributed by atoms with Crippen LogP contribution in [0.2, 0.25) is 0 Å². The molecule has 0 saturated carbocycles. The van der Waals surface area contributed by atoms with E-state index in [1.54, 1.807) is 11.3 Å². The molecule has 0 aliphatic rings. The van der Waals surface area contributed by atoms with Crippen molar-refractivity contribution >= 4 is 11.3 Å². The van der Waals surface area contributed by atoms with Gasteiger partial charge < -0.3 is 10.1 Å². The smallest absolute Gasteiger partial charge is 0.0897 e. The van der Waals surface area contributed by atoms with E-state index in [0.29, 0.717) is 6.04 Å². The Morgan fingerprint density at radius 3 is 2.75 bits per heavy atom. The Bertz CT molecular complexity index is 301. The Labute approximate surface area is 102 Å². The van der Waals surface area contributed by atoms with Gasteiger partial charge in [0.05, 0.1) is 16.8 Å². The number of hydrogen-bond acceptors (Lipinski definition) is 4. The third kappa shape index (κ3) is 4.20. The summed E-state index contributed by atoms with van der Waals surface area (Å²) in [6, 6.07) is 0.353. The third-order valence-corrected chi connectivity index (χ3v) is 3.38. The highest BCUT2D eigenvalue weighted by atomic mass is 32.1. The van der Waals surface area contributed by atoms with Gasteiger partial charge in [-0.1, -0.05) is 6.92 Å². The van der Waals surface area contributed by atoms with Crippen molar-refractivity contribution in [3.8, 4) is 0 Å². The van der Waals surface area contributed by atoms with Crippen LogP contribution in [0.3, 0.4) is 0 Å². The van der Waals surface area contributed by atoms with Gasteiger partial charge in [-0.15, -0.1) is 11.3 Å². The second-order valence-electron chi connectivity index (χ2n) is 3.89. The Morgan fingerprint density at radius 2 is 2.25 bits per heavy atom. The number of nitrogens with zero attached hydrogens (tertiary/aromatic N) is 1. The summed E-state index contributed by atoms with van der Waals surface area (Å²) in [5.74, 6) is 0. The number of nitrogens with one attached hydrogen (secondary N) is 1. The van der Waals surface area contributed by atoms with E-state index in [2.05, 4.69) is 29.5 Å². The zero-order valence-corrected chi connectivity index (χ0v) is 11.4. The molecule has 2 unspecified atom stereocenters. The number of hydrogen-bond donors (Lipinski definition) is 1. The van der Waals surface area contributed by atoms with Crippen molar-refractivity contribution in [2.24, 2.45) is 0 Å². The highest BCUT2D eigenvalue weighted by Gasteiger charge is 2.17. The molecule has 0 aliphatic heterocycles. The van der Waals surface area contributed by atoms with Gasteiger partial charge in [-0.05, 0) is 27.3 Å². The van der Waals surface area contributed by atoms with Crippen molar-refractivity contribution in [2.45, 2.75) is 46.3 Å². The second kappa shape index (κ2) is 6.99. The van der Waals surface area contributed by atoms with Gasteiger partial charge in [0.25, 0.3) is 0 Å². The van der Waals surface area contributed by atoms with Crippen molar-refractivity contribution in [1.29, 1.82) is 0 Å². The average Bonchev–Trinajstić information content (AvgIpc) is 2.64. The minimum absolute atomic E-state index is 0.229. The average molecular weight is 242 g/mol. The monoisotopic (exact) mass is 242 g/mol.